The second-order valence-corrected chi connectivity index (χ2v) is 10.5. The number of alkyl halides is 3. The van der Waals surface area contributed by atoms with Gasteiger partial charge < -0.3 is 4.90 Å². The minimum Gasteiger partial charge on any atom is -0.331 e. The number of hydrogen-bond donors (Lipinski definition) is 1. The SMILES string of the molecule is O=C(c1c(S(=O)(=O)O)c(C(F)(F)F)cc2ccccc12)N(Cc1ccccc1F)C1Cc2ccccc2C1. The van der Waals surface area contributed by atoms with Gasteiger partial charge in [-0.2, -0.15) is 21.6 Å². The minimum absolute atomic E-state index is 0.0314. The Kier molecular flexibility index (Phi) is 6.48. The monoisotopic (exact) mass is 543 g/mol. The largest absolute Gasteiger partial charge is 0.417 e. The number of benzene rings is 4. The van der Waals surface area contributed by atoms with Crippen LogP contribution in [0.2, 0.25) is 0 Å². The summed E-state index contributed by atoms with van der Waals surface area (Å²) in [5.41, 5.74) is -0.491. The molecule has 0 bridgehead atoms. The maximum absolute atomic E-state index is 14.7. The van der Waals surface area contributed by atoms with Gasteiger partial charge in [-0.1, -0.05) is 66.7 Å². The first kappa shape index (κ1) is 25.9. The summed E-state index contributed by atoms with van der Waals surface area (Å²) >= 11 is 0. The second-order valence-electron chi connectivity index (χ2n) is 9.18. The molecule has 1 aliphatic carbocycles. The molecule has 38 heavy (non-hydrogen) atoms. The summed E-state index contributed by atoms with van der Waals surface area (Å²) < 4.78 is 91.8. The van der Waals surface area contributed by atoms with Crippen LogP contribution in [-0.4, -0.2) is 29.8 Å². The summed E-state index contributed by atoms with van der Waals surface area (Å²) in [4.78, 5) is 13.9. The van der Waals surface area contributed by atoms with E-state index in [1.54, 1.807) is 6.07 Å². The molecule has 0 aromatic heterocycles. The third kappa shape index (κ3) is 4.77. The zero-order valence-electron chi connectivity index (χ0n) is 19.7. The predicted octanol–water partition coefficient (Wildman–Crippen LogP) is 6.05. The average molecular weight is 544 g/mol. The van der Waals surface area contributed by atoms with E-state index in [1.165, 1.54) is 47.4 Å². The van der Waals surface area contributed by atoms with Gasteiger partial charge in [0.15, 0.2) is 0 Å². The molecule has 1 N–H and O–H groups in total. The maximum atomic E-state index is 14.7. The van der Waals surface area contributed by atoms with Crippen molar-refractivity contribution >= 4 is 26.8 Å². The number of carbonyl (C=O) groups is 1. The smallest absolute Gasteiger partial charge is 0.331 e. The molecule has 4 aromatic rings. The van der Waals surface area contributed by atoms with Crippen LogP contribution >= 0.6 is 0 Å². The van der Waals surface area contributed by atoms with Crippen LogP contribution in [0.1, 0.15) is 32.6 Å². The molecule has 0 heterocycles. The molecule has 0 unspecified atom stereocenters. The van der Waals surface area contributed by atoms with Crippen molar-refractivity contribution in [3.8, 4) is 0 Å². The molecule has 1 aliphatic rings. The van der Waals surface area contributed by atoms with Crippen molar-refractivity contribution in [2.24, 2.45) is 0 Å². The predicted molar refractivity (Wildman–Crippen MR) is 133 cm³/mol. The lowest BCUT2D eigenvalue weighted by Gasteiger charge is -2.31. The second kappa shape index (κ2) is 9.52. The maximum Gasteiger partial charge on any atom is 0.417 e. The highest BCUT2D eigenvalue weighted by molar-refractivity contribution is 7.86. The molecular weight excluding hydrogens is 522 g/mol. The van der Waals surface area contributed by atoms with Gasteiger partial charge in [0, 0.05) is 18.2 Å². The van der Waals surface area contributed by atoms with Crippen LogP contribution in [-0.2, 0) is 35.7 Å². The highest BCUT2D eigenvalue weighted by atomic mass is 32.2. The molecule has 1 amide bonds. The fraction of sp³-hybridized carbons (Fsp3) is 0.179. The molecule has 0 spiro atoms. The van der Waals surface area contributed by atoms with Gasteiger partial charge in [-0.25, -0.2) is 4.39 Å². The summed E-state index contributed by atoms with van der Waals surface area (Å²) in [6.07, 6.45) is -4.51. The lowest BCUT2D eigenvalue weighted by Crippen LogP contribution is -2.41. The molecule has 0 atom stereocenters. The quantitative estimate of drug-likeness (QED) is 0.246. The molecule has 5 nitrogen and oxygen atoms in total. The molecule has 4 aromatic carbocycles. The number of amides is 1. The van der Waals surface area contributed by atoms with Crippen molar-refractivity contribution in [2.75, 3.05) is 0 Å². The van der Waals surface area contributed by atoms with Crippen LogP contribution in [0.5, 0.6) is 0 Å². The van der Waals surface area contributed by atoms with Crippen molar-refractivity contribution in [1.82, 2.24) is 4.90 Å². The molecule has 0 saturated carbocycles. The van der Waals surface area contributed by atoms with Crippen LogP contribution in [0, 0.1) is 5.82 Å². The first-order chi connectivity index (χ1) is 17.9. The van der Waals surface area contributed by atoms with E-state index in [9.17, 15) is 35.3 Å². The van der Waals surface area contributed by atoms with Gasteiger partial charge in [-0.05, 0) is 46.9 Å². The third-order valence-corrected chi connectivity index (χ3v) is 7.75. The van der Waals surface area contributed by atoms with E-state index < -0.39 is 50.1 Å². The van der Waals surface area contributed by atoms with E-state index in [-0.39, 0.29) is 22.9 Å². The van der Waals surface area contributed by atoms with Gasteiger partial charge in [0.25, 0.3) is 16.0 Å². The Morgan fingerprint density at radius 3 is 2.11 bits per heavy atom. The fourth-order valence-corrected chi connectivity index (χ4v) is 6.00. The van der Waals surface area contributed by atoms with Gasteiger partial charge in [0.2, 0.25) is 0 Å². The highest BCUT2D eigenvalue weighted by Crippen LogP contribution is 2.41. The summed E-state index contributed by atoms with van der Waals surface area (Å²) in [5.74, 6) is -1.68. The summed E-state index contributed by atoms with van der Waals surface area (Å²) in [6, 6.07) is 18.6. The van der Waals surface area contributed by atoms with Crippen molar-refractivity contribution in [3.63, 3.8) is 0 Å². The van der Waals surface area contributed by atoms with Crippen LogP contribution < -0.4 is 0 Å². The Morgan fingerprint density at radius 1 is 0.921 bits per heavy atom. The molecular formula is C28H21F4NO4S. The number of halogens is 4. The van der Waals surface area contributed by atoms with Gasteiger partial charge in [-0.15, -0.1) is 0 Å². The first-order valence-corrected chi connectivity index (χ1v) is 13.1. The van der Waals surface area contributed by atoms with E-state index in [0.717, 1.165) is 11.1 Å². The Hall–Kier alpha value is -3.76. The Morgan fingerprint density at radius 2 is 1.50 bits per heavy atom. The molecule has 10 heteroatoms. The lowest BCUT2D eigenvalue weighted by molar-refractivity contribution is -0.139. The van der Waals surface area contributed by atoms with E-state index >= 15 is 0 Å². The van der Waals surface area contributed by atoms with E-state index in [2.05, 4.69) is 0 Å². The number of hydrogen-bond acceptors (Lipinski definition) is 3. The number of nitrogens with zero attached hydrogens (tertiary/aromatic N) is 1. The topological polar surface area (TPSA) is 74.7 Å². The highest BCUT2D eigenvalue weighted by Gasteiger charge is 2.42. The van der Waals surface area contributed by atoms with Crippen LogP contribution in [0.25, 0.3) is 10.8 Å². The average Bonchev–Trinajstić information content (AvgIpc) is 3.29. The molecule has 0 saturated heterocycles. The van der Waals surface area contributed by atoms with Crippen molar-refractivity contribution in [3.05, 3.63) is 112 Å². The standard InChI is InChI=1S/C28H21F4NO4S/c29-24-12-6-4-10-20(24)16-33(21-13-17-7-1-2-8-18(17)14-21)27(34)25-22-11-5-3-9-19(22)15-23(28(30,31)32)26(25)38(35,36)37/h1-12,15,21H,13-14,16H2,(H,35,36,37). The summed E-state index contributed by atoms with van der Waals surface area (Å²) in [6.45, 7) is -0.320. The summed E-state index contributed by atoms with van der Waals surface area (Å²) in [5, 5.41) is -0.108. The zero-order chi connectivity index (χ0) is 27.2. The Labute approximate surface area is 216 Å². The number of fused-ring (bicyclic) bond motifs is 2. The summed E-state index contributed by atoms with van der Waals surface area (Å²) in [7, 11) is -5.52. The first-order valence-electron chi connectivity index (χ1n) is 11.7. The normalized spacial score (nSPS) is 14.0. The Bertz CT molecular complexity index is 1640. The fourth-order valence-electron chi connectivity index (χ4n) is 5.10. The number of rotatable bonds is 5. The van der Waals surface area contributed by atoms with Crippen molar-refractivity contribution in [2.45, 2.75) is 36.5 Å². The third-order valence-electron chi connectivity index (χ3n) is 6.81. The van der Waals surface area contributed by atoms with Crippen LogP contribution in [0.4, 0.5) is 17.6 Å². The molecule has 0 aliphatic heterocycles. The zero-order valence-corrected chi connectivity index (χ0v) is 20.6. The van der Waals surface area contributed by atoms with Gasteiger partial charge in [0.05, 0.1) is 11.1 Å². The lowest BCUT2D eigenvalue weighted by atomic mass is 9.98. The molecule has 0 fully saturated rings. The van der Waals surface area contributed by atoms with Crippen LogP contribution in [0.3, 0.4) is 0 Å². The van der Waals surface area contributed by atoms with Crippen LogP contribution in [0.15, 0.2) is 83.8 Å². The Balaban J connectivity index is 1.75. The van der Waals surface area contributed by atoms with Gasteiger partial charge in [0.1, 0.15) is 10.7 Å². The number of carbonyl (C=O) groups excluding carboxylic acids is 1. The van der Waals surface area contributed by atoms with E-state index in [0.29, 0.717) is 18.9 Å². The van der Waals surface area contributed by atoms with E-state index in [4.69, 9.17) is 0 Å². The van der Waals surface area contributed by atoms with Gasteiger partial charge in [-0.3, -0.25) is 9.35 Å². The molecule has 0 radical (unpaired) electrons. The molecule has 196 valence electrons. The molecule has 5 rings (SSSR count). The van der Waals surface area contributed by atoms with E-state index in [1.807, 2.05) is 24.3 Å². The van der Waals surface area contributed by atoms with Crippen molar-refractivity contribution in [1.29, 1.82) is 0 Å². The van der Waals surface area contributed by atoms with Crippen molar-refractivity contribution < 1.29 is 35.3 Å². The minimum atomic E-state index is -5.52. The van der Waals surface area contributed by atoms with Gasteiger partial charge >= 0.3 is 6.18 Å².